The molecule has 2 nitrogen and oxygen atoms in total. The standard InChI is InChI=1S/C12H23NO/c1-8(2)10-5-6-11(7-10)12(14)13-9(3)4/h8-11H,5-7H2,1-4H3,(H,13,14). The molecule has 0 aliphatic heterocycles. The summed E-state index contributed by atoms with van der Waals surface area (Å²) in [5.41, 5.74) is 0. The van der Waals surface area contributed by atoms with E-state index >= 15 is 0 Å². The molecule has 0 radical (unpaired) electrons. The van der Waals surface area contributed by atoms with Crippen molar-refractivity contribution in [3.05, 3.63) is 0 Å². The van der Waals surface area contributed by atoms with Gasteiger partial charge in [0.15, 0.2) is 0 Å². The van der Waals surface area contributed by atoms with Gasteiger partial charge in [0.1, 0.15) is 0 Å². The molecule has 1 N–H and O–H groups in total. The topological polar surface area (TPSA) is 29.1 Å². The Bertz CT molecular complexity index is 198. The first-order valence-electron chi connectivity index (χ1n) is 5.81. The van der Waals surface area contributed by atoms with Crippen molar-refractivity contribution in [2.75, 3.05) is 0 Å². The number of carbonyl (C=O) groups is 1. The van der Waals surface area contributed by atoms with Crippen LogP contribution in [-0.2, 0) is 4.79 Å². The second-order valence-corrected chi connectivity index (χ2v) is 5.18. The van der Waals surface area contributed by atoms with Gasteiger partial charge in [-0.15, -0.1) is 0 Å². The molecule has 2 heteroatoms. The van der Waals surface area contributed by atoms with E-state index in [1.165, 1.54) is 6.42 Å². The fourth-order valence-corrected chi connectivity index (χ4v) is 2.26. The van der Waals surface area contributed by atoms with E-state index in [1.54, 1.807) is 0 Å². The monoisotopic (exact) mass is 197 g/mol. The summed E-state index contributed by atoms with van der Waals surface area (Å²) in [5, 5.41) is 3.01. The van der Waals surface area contributed by atoms with Crippen LogP contribution >= 0.6 is 0 Å². The number of rotatable bonds is 3. The second-order valence-electron chi connectivity index (χ2n) is 5.18. The predicted molar refractivity (Wildman–Crippen MR) is 58.9 cm³/mol. The average Bonchev–Trinajstić information content (AvgIpc) is 2.50. The number of hydrogen-bond donors (Lipinski definition) is 1. The maximum Gasteiger partial charge on any atom is 0.223 e. The maximum atomic E-state index is 11.7. The zero-order valence-corrected chi connectivity index (χ0v) is 9.84. The van der Waals surface area contributed by atoms with Crippen LogP contribution in [-0.4, -0.2) is 11.9 Å². The van der Waals surface area contributed by atoms with E-state index in [4.69, 9.17) is 0 Å². The highest BCUT2D eigenvalue weighted by Crippen LogP contribution is 2.35. The second kappa shape index (κ2) is 4.81. The van der Waals surface area contributed by atoms with Crippen molar-refractivity contribution in [1.82, 2.24) is 5.32 Å². The van der Waals surface area contributed by atoms with Crippen LogP contribution in [0.4, 0.5) is 0 Å². The van der Waals surface area contributed by atoms with Crippen molar-refractivity contribution in [3.8, 4) is 0 Å². The number of nitrogens with one attached hydrogen (secondary N) is 1. The molecule has 1 amide bonds. The Hall–Kier alpha value is -0.530. The molecule has 1 rings (SSSR count). The predicted octanol–water partition coefficient (Wildman–Crippen LogP) is 2.58. The molecule has 1 saturated carbocycles. The van der Waals surface area contributed by atoms with Gasteiger partial charge in [-0.1, -0.05) is 13.8 Å². The quantitative estimate of drug-likeness (QED) is 0.740. The maximum absolute atomic E-state index is 11.7. The number of amides is 1. The van der Waals surface area contributed by atoms with Gasteiger partial charge in [0, 0.05) is 12.0 Å². The van der Waals surface area contributed by atoms with Crippen molar-refractivity contribution in [2.45, 2.75) is 53.0 Å². The fourth-order valence-electron chi connectivity index (χ4n) is 2.26. The smallest absolute Gasteiger partial charge is 0.223 e. The molecule has 14 heavy (non-hydrogen) atoms. The SMILES string of the molecule is CC(C)NC(=O)C1CCC(C(C)C)C1. The van der Waals surface area contributed by atoms with Crippen LogP contribution in [0, 0.1) is 17.8 Å². The lowest BCUT2D eigenvalue weighted by Gasteiger charge is -2.15. The van der Waals surface area contributed by atoms with Gasteiger partial charge >= 0.3 is 0 Å². The molecule has 0 bridgehead atoms. The highest BCUT2D eigenvalue weighted by Gasteiger charge is 2.31. The van der Waals surface area contributed by atoms with Gasteiger partial charge < -0.3 is 5.32 Å². The molecule has 1 fully saturated rings. The highest BCUT2D eigenvalue weighted by molar-refractivity contribution is 5.79. The van der Waals surface area contributed by atoms with Crippen LogP contribution in [0.2, 0.25) is 0 Å². The van der Waals surface area contributed by atoms with Crippen molar-refractivity contribution in [2.24, 2.45) is 17.8 Å². The lowest BCUT2D eigenvalue weighted by atomic mass is 9.93. The summed E-state index contributed by atoms with van der Waals surface area (Å²) in [5.74, 6) is 2.04. The van der Waals surface area contributed by atoms with Crippen molar-refractivity contribution < 1.29 is 4.79 Å². The number of carbonyl (C=O) groups excluding carboxylic acids is 1. The molecule has 0 aromatic heterocycles. The molecule has 0 aromatic carbocycles. The van der Waals surface area contributed by atoms with Gasteiger partial charge in [-0.3, -0.25) is 4.79 Å². The Labute approximate surface area is 87.5 Å². The molecular weight excluding hydrogens is 174 g/mol. The first-order chi connectivity index (χ1) is 6.50. The third-order valence-electron chi connectivity index (χ3n) is 3.22. The van der Waals surface area contributed by atoms with Gasteiger partial charge in [-0.05, 0) is 44.9 Å². The van der Waals surface area contributed by atoms with E-state index in [0.29, 0.717) is 0 Å². The van der Waals surface area contributed by atoms with Crippen LogP contribution in [0.3, 0.4) is 0 Å². The Kier molecular flexibility index (Phi) is 3.97. The molecule has 82 valence electrons. The summed E-state index contributed by atoms with van der Waals surface area (Å²) >= 11 is 0. The molecule has 1 aliphatic carbocycles. The average molecular weight is 197 g/mol. The lowest BCUT2D eigenvalue weighted by molar-refractivity contribution is -0.125. The van der Waals surface area contributed by atoms with Gasteiger partial charge in [-0.2, -0.15) is 0 Å². The summed E-state index contributed by atoms with van der Waals surface area (Å²) in [7, 11) is 0. The summed E-state index contributed by atoms with van der Waals surface area (Å²) in [6.07, 6.45) is 3.41. The molecule has 2 unspecified atom stereocenters. The Morgan fingerprint density at radius 2 is 1.86 bits per heavy atom. The molecule has 0 saturated heterocycles. The van der Waals surface area contributed by atoms with Crippen molar-refractivity contribution >= 4 is 5.91 Å². The largest absolute Gasteiger partial charge is 0.354 e. The minimum atomic E-state index is 0.267. The van der Waals surface area contributed by atoms with E-state index in [-0.39, 0.29) is 17.9 Å². The van der Waals surface area contributed by atoms with Crippen LogP contribution in [0.25, 0.3) is 0 Å². The minimum absolute atomic E-state index is 0.267. The van der Waals surface area contributed by atoms with E-state index in [1.807, 2.05) is 13.8 Å². The van der Waals surface area contributed by atoms with Crippen molar-refractivity contribution in [1.29, 1.82) is 0 Å². The summed E-state index contributed by atoms with van der Waals surface area (Å²) < 4.78 is 0. The van der Waals surface area contributed by atoms with E-state index < -0.39 is 0 Å². The fraction of sp³-hybridized carbons (Fsp3) is 0.917. The molecular formula is C12H23NO. The molecule has 0 aromatic rings. The van der Waals surface area contributed by atoms with Crippen molar-refractivity contribution in [3.63, 3.8) is 0 Å². The Balaban J connectivity index is 2.38. The summed E-state index contributed by atoms with van der Waals surface area (Å²) in [4.78, 5) is 11.7. The zero-order valence-electron chi connectivity index (χ0n) is 9.84. The third kappa shape index (κ3) is 3.00. The van der Waals surface area contributed by atoms with E-state index in [2.05, 4.69) is 19.2 Å². The van der Waals surface area contributed by atoms with Gasteiger partial charge in [0.05, 0.1) is 0 Å². The highest BCUT2D eigenvalue weighted by atomic mass is 16.1. The zero-order chi connectivity index (χ0) is 10.7. The summed E-state index contributed by atoms with van der Waals surface area (Å²) in [6.45, 7) is 8.56. The van der Waals surface area contributed by atoms with Crippen LogP contribution in [0.1, 0.15) is 47.0 Å². The molecule has 2 atom stereocenters. The summed E-state index contributed by atoms with van der Waals surface area (Å²) in [6, 6.07) is 0.278. The minimum Gasteiger partial charge on any atom is -0.354 e. The molecule has 0 spiro atoms. The first-order valence-corrected chi connectivity index (χ1v) is 5.81. The Morgan fingerprint density at radius 1 is 1.21 bits per heavy atom. The van der Waals surface area contributed by atoms with Gasteiger partial charge in [0.25, 0.3) is 0 Å². The van der Waals surface area contributed by atoms with E-state index in [9.17, 15) is 4.79 Å². The van der Waals surface area contributed by atoms with E-state index in [0.717, 1.165) is 24.7 Å². The Morgan fingerprint density at radius 3 is 2.29 bits per heavy atom. The molecule has 0 heterocycles. The van der Waals surface area contributed by atoms with Gasteiger partial charge in [-0.25, -0.2) is 0 Å². The number of hydrogen-bond acceptors (Lipinski definition) is 1. The van der Waals surface area contributed by atoms with Crippen LogP contribution in [0.5, 0.6) is 0 Å². The first kappa shape index (κ1) is 11.5. The van der Waals surface area contributed by atoms with Crippen LogP contribution in [0.15, 0.2) is 0 Å². The van der Waals surface area contributed by atoms with Gasteiger partial charge in [0.2, 0.25) is 5.91 Å². The van der Waals surface area contributed by atoms with Crippen LogP contribution < -0.4 is 5.32 Å². The third-order valence-corrected chi connectivity index (χ3v) is 3.22. The lowest BCUT2D eigenvalue weighted by Crippen LogP contribution is -2.34. The normalized spacial score (nSPS) is 27.3. The molecule has 1 aliphatic rings.